The van der Waals surface area contributed by atoms with Crippen molar-refractivity contribution in [3.8, 4) is 0 Å². The summed E-state index contributed by atoms with van der Waals surface area (Å²) in [5, 5.41) is 10.1. The Morgan fingerprint density at radius 3 is 2.38 bits per heavy atom. The Balaban J connectivity index is 2.14. The SMILES string of the molecule is CC[C@H](C)/C=C(C)/C=C/C1=CC2=C(Cl)C(=O)[C@](C)(O)C(=O)C2=CN1c1ccc(C(F)(F)F)cc1. The van der Waals surface area contributed by atoms with Gasteiger partial charge in [-0.05, 0) is 56.2 Å². The number of halogens is 4. The van der Waals surface area contributed by atoms with Crippen molar-refractivity contribution in [2.75, 3.05) is 4.90 Å². The van der Waals surface area contributed by atoms with E-state index in [-0.39, 0.29) is 16.2 Å². The number of carbonyl (C=O) groups excluding carboxylic acids is 2. The normalized spacial score (nSPS) is 22.7. The summed E-state index contributed by atoms with van der Waals surface area (Å²) in [6, 6.07) is 4.47. The van der Waals surface area contributed by atoms with E-state index in [1.807, 2.05) is 13.0 Å². The lowest BCUT2D eigenvalue weighted by Crippen LogP contribution is -2.49. The van der Waals surface area contributed by atoms with Gasteiger partial charge >= 0.3 is 6.18 Å². The Bertz CT molecular complexity index is 1170. The zero-order valence-electron chi connectivity index (χ0n) is 19.2. The van der Waals surface area contributed by atoms with E-state index in [4.69, 9.17) is 11.6 Å². The zero-order chi connectivity index (χ0) is 25.4. The lowest BCUT2D eigenvalue weighted by molar-refractivity contribution is -0.144. The molecule has 1 aromatic rings. The molecule has 3 rings (SSSR count). The largest absolute Gasteiger partial charge is 0.416 e. The number of benzene rings is 1. The van der Waals surface area contributed by atoms with Crippen LogP contribution < -0.4 is 4.90 Å². The number of nitrogens with zero attached hydrogens (tertiary/aromatic N) is 1. The number of allylic oxidation sites excluding steroid dienone is 6. The van der Waals surface area contributed by atoms with E-state index in [0.29, 0.717) is 17.3 Å². The highest BCUT2D eigenvalue weighted by Crippen LogP contribution is 2.40. The number of hydrogen-bond acceptors (Lipinski definition) is 4. The Morgan fingerprint density at radius 2 is 1.82 bits per heavy atom. The Hall–Kier alpha value is -2.90. The molecular formula is C26H25ClF3NO3. The van der Waals surface area contributed by atoms with Crippen LogP contribution in [0.4, 0.5) is 18.9 Å². The van der Waals surface area contributed by atoms with Gasteiger partial charge in [-0.25, -0.2) is 0 Å². The standard InChI is InChI=1S/C26H25ClF3NO3/c1-5-15(2)12-16(3)6-9-19-13-20-21(23(32)25(4,34)24(33)22(20)27)14-31(19)18-10-7-17(8-11-18)26(28,29)30/h6-15,34H,5H2,1-4H3/b9-6+,16-12+/t15-,25+/m0/s1. The van der Waals surface area contributed by atoms with Gasteiger partial charge in [0, 0.05) is 28.7 Å². The van der Waals surface area contributed by atoms with Crippen LogP contribution >= 0.6 is 11.6 Å². The molecule has 4 nitrogen and oxygen atoms in total. The quantitative estimate of drug-likeness (QED) is 0.391. The number of rotatable bonds is 5. The van der Waals surface area contributed by atoms with E-state index in [1.54, 1.807) is 6.08 Å². The molecule has 0 saturated carbocycles. The third-order valence-electron chi connectivity index (χ3n) is 5.86. The van der Waals surface area contributed by atoms with Gasteiger partial charge in [0.25, 0.3) is 0 Å². The summed E-state index contributed by atoms with van der Waals surface area (Å²) in [7, 11) is 0. The second kappa shape index (κ2) is 9.39. The predicted octanol–water partition coefficient (Wildman–Crippen LogP) is 6.24. The van der Waals surface area contributed by atoms with Gasteiger partial charge in [-0.1, -0.05) is 49.6 Å². The van der Waals surface area contributed by atoms with Crippen molar-refractivity contribution >= 4 is 28.9 Å². The van der Waals surface area contributed by atoms with Crippen molar-refractivity contribution in [3.63, 3.8) is 0 Å². The maximum atomic E-state index is 13.0. The lowest BCUT2D eigenvalue weighted by Gasteiger charge is -2.34. The smallest absolute Gasteiger partial charge is 0.374 e. The van der Waals surface area contributed by atoms with Gasteiger partial charge in [0.15, 0.2) is 5.60 Å². The molecule has 1 aliphatic heterocycles. The number of aliphatic hydroxyl groups is 1. The number of carbonyl (C=O) groups is 2. The van der Waals surface area contributed by atoms with Crippen molar-refractivity contribution in [1.82, 2.24) is 0 Å². The van der Waals surface area contributed by atoms with Crippen LogP contribution in [-0.2, 0) is 15.8 Å². The average molecular weight is 492 g/mol. The second-order valence-corrected chi connectivity index (χ2v) is 8.99. The highest BCUT2D eigenvalue weighted by molar-refractivity contribution is 6.49. The Labute approximate surface area is 201 Å². The van der Waals surface area contributed by atoms with Gasteiger partial charge in [-0.15, -0.1) is 0 Å². The maximum Gasteiger partial charge on any atom is 0.416 e. The number of fused-ring (bicyclic) bond motifs is 1. The zero-order valence-corrected chi connectivity index (χ0v) is 20.0. The maximum absolute atomic E-state index is 13.0. The number of Topliss-reactive ketones (excluding diaryl/α,β-unsaturated/α-hetero) is 2. The molecule has 0 aromatic heterocycles. The molecule has 2 atom stereocenters. The number of anilines is 1. The van der Waals surface area contributed by atoms with E-state index >= 15 is 0 Å². The second-order valence-electron chi connectivity index (χ2n) is 8.61. The van der Waals surface area contributed by atoms with Gasteiger partial charge in [-0.2, -0.15) is 13.2 Å². The molecule has 8 heteroatoms. The van der Waals surface area contributed by atoms with Crippen LogP contribution in [0.15, 0.2) is 82.2 Å². The molecule has 0 radical (unpaired) electrons. The van der Waals surface area contributed by atoms with E-state index < -0.39 is 28.9 Å². The highest BCUT2D eigenvalue weighted by atomic mass is 35.5. The van der Waals surface area contributed by atoms with Crippen LogP contribution in [0.1, 0.15) is 39.7 Å². The van der Waals surface area contributed by atoms with Crippen LogP contribution in [0.2, 0.25) is 0 Å². The van der Waals surface area contributed by atoms with Crippen molar-refractivity contribution in [2.24, 2.45) is 5.92 Å². The fourth-order valence-electron chi connectivity index (χ4n) is 3.63. The van der Waals surface area contributed by atoms with Crippen LogP contribution in [-0.4, -0.2) is 22.3 Å². The van der Waals surface area contributed by atoms with E-state index in [1.165, 1.54) is 29.3 Å². The molecular weight excluding hydrogens is 467 g/mol. The minimum atomic E-state index is -4.49. The molecule has 0 saturated heterocycles. The van der Waals surface area contributed by atoms with Gasteiger partial charge in [-0.3, -0.25) is 9.59 Å². The molecule has 1 aliphatic carbocycles. The Kier molecular flexibility index (Phi) is 7.10. The molecule has 1 N–H and O–H groups in total. The number of alkyl halides is 3. The first-order valence-corrected chi connectivity index (χ1v) is 11.1. The molecule has 1 heterocycles. The average Bonchev–Trinajstić information content (AvgIpc) is 2.79. The summed E-state index contributed by atoms with van der Waals surface area (Å²) in [6.07, 6.45) is 5.04. The summed E-state index contributed by atoms with van der Waals surface area (Å²) >= 11 is 6.22. The summed E-state index contributed by atoms with van der Waals surface area (Å²) in [6.45, 7) is 7.15. The molecule has 34 heavy (non-hydrogen) atoms. The van der Waals surface area contributed by atoms with Crippen molar-refractivity contribution in [3.05, 3.63) is 87.8 Å². The molecule has 0 amide bonds. The van der Waals surface area contributed by atoms with E-state index in [0.717, 1.165) is 31.1 Å². The molecule has 0 spiro atoms. The van der Waals surface area contributed by atoms with Crippen LogP contribution in [0.25, 0.3) is 0 Å². The number of ketones is 2. The van der Waals surface area contributed by atoms with Crippen LogP contribution in [0, 0.1) is 5.92 Å². The summed E-state index contributed by atoms with van der Waals surface area (Å²) in [5.41, 5.74) is -1.16. The topological polar surface area (TPSA) is 57.6 Å². The van der Waals surface area contributed by atoms with Gasteiger partial charge in [0.2, 0.25) is 11.6 Å². The first-order valence-electron chi connectivity index (χ1n) is 10.8. The summed E-state index contributed by atoms with van der Waals surface area (Å²) in [4.78, 5) is 26.8. The van der Waals surface area contributed by atoms with E-state index in [9.17, 15) is 27.9 Å². The van der Waals surface area contributed by atoms with Gasteiger partial charge < -0.3 is 10.0 Å². The fraction of sp³-hybridized carbons (Fsp3) is 0.308. The molecule has 2 aliphatic rings. The van der Waals surface area contributed by atoms with Crippen LogP contribution in [0.5, 0.6) is 0 Å². The van der Waals surface area contributed by atoms with Crippen molar-refractivity contribution in [1.29, 1.82) is 0 Å². The summed E-state index contributed by atoms with van der Waals surface area (Å²) < 4.78 is 39.1. The monoisotopic (exact) mass is 491 g/mol. The minimum Gasteiger partial charge on any atom is -0.374 e. The molecule has 0 fully saturated rings. The molecule has 0 bridgehead atoms. The fourth-order valence-corrected chi connectivity index (χ4v) is 3.97. The van der Waals surface area contributed by atoms with Gasteiger partial charge in [0.1, 0.15) is 0 Å². The highest BCUT2D eigenvalue weighted by Gasteiger charge is 2.48. The van der Waals surface area contributed by atoms with E-state index in [2.05, 4.69) is 19.9 Å². The van der Waals surface area contributed by atoms with Crippen molar-refractivity contribution in [2.45, 2.75) is 45.9 Å². The first-order chi connectivity index (χ1) is 15.8. The molecule has 0 unspecified atom stereocenters. The van der Waals surface area contributed by atoms with Crippen LogP contribution in [0.3, 0.4) is 0 Å². The first kappa shape index (κ1) is 25.7. The third kappa shape index (κ3) is 4.95. The third-order valence-corrected chi connectivity index (χ3v) is 6.24. The molecule has 180 valence electrons. The Morgan fingerprint density at radius 1 is 1.21 bits per heavy atom. The number of hydrogen-bond donors (Lipinski definition) is 1. The lowest BCUT2D eigenvalue weighted by atomic mass is 9.79. The van der Waals surface area contributed by atoms with Crippen molar-refractivity contribution < 1.29 is 27.9 Å². The summed E-state index contributed by atoms with van der Waals surface area (Å²) in [5.74, 6) is -1.38. The minimum absolute atomic E-state index is 0.00137. The predicted molar refractivity (Wildman–Crippen MR) is 126 cm³/mol. The molecule has 1 aromatic carbocycles. The van der Waals surface area contributed by atoms with Gasteiger partial charge in [0.05, 0.1) is 10.6 Å².